The van der Waals surface area contributed by atoms with Crippen molar-refractivity contribution in [1.29, 1.82) is 0 Å². The molecule has 0 amide bonds. The molecule has 0 saturated carbocycles. The van der Waals surface area contributed by atoms with Gasteiger partial charge in [0.15, 0.2) is 11.6 Å². The number of aryl methyl sites for hydroxylation is 1. The number of rotatable bonds is 9. The third-order valence-electron chi connectivity index (χ3n) is 6.02. The fourth-order valence-corrected chi connectivity index (χ4v) is 4.11. The molecule has 6 nitrogen and oxygen atoms in total. The molecule has 2 aromatic carbocycles. The van der Waals surface area contributed by atoms with E-state index in [4.69, 9.17) is 9.47 Å². The third kappa shape index (κ3) is 6.79. The lowest BCUT2D eigenvalue weighted by Crippen LogP contribution is -2.37. The second-order valence-corrected chi connectivity index (χ2v) is 8.85. The summed E-state index contributed by atoms with van der Waals surface area (Å²) in [6.07, 6.45) is 5.94. The molecule has 1 aromatic heterocycles. The minimum atomic E-state index is -0.943. The van der Waals surface area contributed by atoms with Crippen molar-refractivity contribution >= 4 is 0 Å². The number of para-hydroxylation sites is 1. The molecule has 1 N–H and O–H groups in total. The Hall–Kier alpha value is -2.90. The average molecular weight is 454 g/mol. The molecule has 7 heteroatoms. The number of hydrogen-bond donors (Lipinski definition) is 1. The number of likely N-dealkylation sites (tertiary alicyclic amines) is 1. The molecule has 1 aliphatic rings. The summed E-state index contributed by atoms with van der Waals surface area (Å²) >= 11 is 0. The smallest absolute Gasteiger partial charge is 0.165 e. The fraction of sp³-hybridized carbons (Fsp3) is 0.423. The Bertz CT molecular complexity index is 1020. The zero-order valence-corrected chi connectivity index (χ0v) is 19.1. The van der Waals surface area contributed by atoms with Gasteiger partial charge in [-0.15, -0.1) is 0 Å². The molecule has 2 heterocycles. The largest absolute Gasteiger partial charge is 0.492 e. The molecule has 33 heavy (non-hydrogen) atoms. The van der Waals surface area contributed by atoms with Gasteiger partial charge in [-0.1, -0.05) is 24.3 Å². The number of nitrogens with zero attached hydrogens (tertiary/aromatic N) is 3. The molecule has 0 unspecified atom stereocenters. The summed E-state index contributed by atoms with van der Waals surface area (Å²) in [6, 6.07) is 14.5. The van der Waals surface area contributed by atoms with E-state index in [-0.39, 0.29) is 12.4 Å². The summed E-state index contributed by atoms with van der Waals surface area (Å²) in [7, 11) is 0. The molecule has 1 fully saturated rings. The third-order valence-corrected chi connectivity index (χ3v) is 6.02. The lowest BCUT2D eigenvalue weighted by Gasteiger charge is -2.27. The molecule has 0 aliphatic carbocycles. The number of hydrogen-bond acceptors (Lipinski definition) is 5. The zero-order chi connectivity index (χ0) is 23.1. The first-order valence-corrected chi connectivity index (χ1v) is 11.5. The summed E-state index contributed by atoms with van der Waals surface area (Å²) in [5.74, 6) is 0.632. The second kappa shape index (κ2) is 10.8. The van der Waals surface area contributed by atoms with E-state index in [1.807, 2.05) is 36.1 Å². The molecule has 0 radical (unpaired) electrons. The predicted molar refractivity (Wildman–Crippen MR) is 125 cm³/mol. The van der Waals surface area contributed by atoms with Crippen LogP contribution < -0.4 is 9.47 Å². The SMILES string of the molecule is Cc1cnn(CCOc2ccc(CN3CCC[C@](O)(COc4ccccc4F)CC3)cc2)c1. The van der Waals surface area contributed by atoms with E-state index >= 15 is 0 Å². The molecule has 176 valence electrons. The van der Waals surface area contributed by atoms with Crippen LogP contribution in [0.25, 0.3) is 0 Å². The van der Waals surface area contributed by atoms with Crippen LogP contribution >= 0.6 is 0 Å². The zero-order valence-electron chi connectivity index (χ0n) is 19.1. The van der Waals surface area contributed by atoms with Gasteiger partial charge in [-0.3, -0.25) is 9.58 Å². The van der Waals surface area contributed by atoms with Gasteiger partial charge in [0.1, 0.15) is 19.0 Å². The Morgan fingerprint density at radius 3 is 2.64 bits per heavy atom. The molecule has 4 rings (SSSR count). The van der Waals surface area contributed by atoms with Gasteiger partial charge in [0.2, 0.25) is 0 Å². The maximum absolute atomic E-state index is 13.8. The summed E-state index contributed by atoms with van der Waals surface area (Å²) in [5, 5.41) is 15.3. The Morgan fingerprint density at radius 2 is 1.88 bits per heavy atom. The molecular formula is C26H32FN3O3. The Kier molecular flexibility index (Phi) is 7.62. The summed E-state index contributed by atoms with van der Waals surface area (Å²) in [4.78, 5) is 2.34. The van der Waals surface area contributed by atoms with Gasteiger partial charge >= 0.3 is 0 Å². The first kappa shape index (κ1) is 23.3. The van der Waals surface area contributed by atoms with Gasteiger partial charge in [-0.2, -0.15) is 5.10 Å². The highest BCUT2D eigenvalue weighted by atomic mass is 19.1. The van der Waals surface area contributed by atoms with E-state index in [0.29, 0.717) is 26.0 Å². The number of halogens is 1. The highest BCUT2D eigenvalue weighted by Crippen LogP contribution is 2.26. The number of aromatic nitrogens is 2. The van der Waals surface area contributed by atoms with Crippen LogP contribution in [-0.4, -0.2) is 51.7 Å². The summed E-state index contributed by atoms with van der Waals surface area (Å²) < 4.78 is 27.1. The summed E-state index contributed by atoms with van der Waals surface area (Å²) in [6.45, 7) is 5.89. The fourth-order valence-electron chi connectivity index (χ4n) is 4.11. The number of ether oxygens (including phenoxy) is 2. The Balaban J connectivity index is 1.22. The molecule has 1 saturated heterocycles. The van der Waals surface area contributed by atoms with Crippen molar-refractivity contribution < 1.29 is 19.0 Å². The quantitative estimate of drug-likeness (QED) is 0.526. The first-order valence-electron chi connectivity index (χ1n) is 11.5. The average Bonchev–Trinajstić information content (AvgIpc) is 3.13. The van der Waals surface area contributed by atoms with Crippen molar-refractivity contribution in [3.05, 3.63) is 77.9 Å². The van der Waals surface area contributed by atoms with Crippen LogP contribution in [0.4, 0.5) is 4.39 Å². The van der Waals surface area contributed by atoms with Crippen LogP contribution in [0.1, 0.15) is 30.4 Å². The van der Waals surface area contributed by atoms with Crippen LogP contribution in [0.2, 0.25) is 0 Å². The van der Waals surface area contributed by atoms with Gasteiger partial charge in [-0.25, -0.2) is 4.39 Å². The maximum atomic E-state index is 13.8. The number of aliphatic hydroxyl groups is 1. The molecule has 1 atom stereocenters. The standard InChI is InChI=1S/C26H32FN3O3/c1-21-17-28-30(18-21)15-16-32-23-9-7-22(8-10-23)19-29-13-4-11-26(31,12-14-29)20-33-25-6-3-2-5-24(25)27/h2-3,5-10,17-18,31H,4,11-16,19-20H2,1H3/t26-/m1/s1. The summed E-state index contributed by atoms with van der Waals surface area (Å²) in [5.41, 5.74) is 1.41. The minimum absolute atomic E-state index is 0.103. The Morgan fingerprint density at radius 1 is 1.06 bits per heavy atom. The van der Waals surface area contributed by atoms with Crippen molar-refractivity contribution in [2.45, 2.75) is 44.9 Å². The molecule has 0 spiro atoms. The van der Waals surface area contributed by atoms with Crippen LogP contribution in [0.15, 0.2) is 60.9 Å². The van der Waals surface area contributed by atoms with Crippen molar-refractivity contribution in [3.63, 3.8) is 0 Å². The first-order chi connectivity index (χ1) is 16.0. The van der Waals surface area contributed by atoms with Crippen LogP contribution in [0, 0.1) is 12.7 Å². The second-order valence-electron chi connectivity index (χ2n) is 8.85. The minimum Gasteiger partial charge on any atom is -0.492 e. The van der Waals surface area contributed by atoms with Crippen molar-refractivity contribution in [3.8, 4) is 11.5 Å². The van der Waals surface area contributed by atoms with Gasteiger partial charge in [0.25, 0.3) is 0 Å². The monoisotopic (exact) mass is 453 g/mol. The van der Waals surface area contributed by atoms with E-state index in [1.165, 1.54) is 11.6 Å². The molecule has 1 aliphatic heterocycles. The normalized spacial score (nSPS) is 19.2. The van der Waals surface area contributed by atoms with Gasteiger partial charge in [0, 0.05) is 19.3 Å². The van der Waals surface area contributed by atoms with Crippen LogP contribution in [0.5, 0.6) is 11.5 Å². The van der Waals surface area contributed by atoms with Gasteiger partial charge in [0.05, 0.1) is 18.3 Å². The lowest BCUT2D eigenvalue weighted by molar-refractivity contribution is -0.0177. The maximum Gasteiger partial charge on any atom is 0.165 e. The lowest BCUT2D eigenvalue weighted by atomic mass is 9.96. The van der Waals surface area contributed by atoms with E-state index in [0.717, 1.165) is 37.4 Å². The topological polar surface area (TPSA) is 59.8 Å². The molecule has 0 bridgehead atoms. The van der Waals surface area contributed by atoms with Gasteiger partial charge < -0.3 is 14.6 Å². The number of benzene rings is 2. The molecule has 3 aromatic rings. The highest BCUT2D eigenvalue weighted by Gasteiger charge is 2.31. The van der Waals surface area contributed by atoms with E-state index in [9.17, 15) is 9.50 Å². The Labute approximate surface area is 194 Å². The molecular weight excluding hydrogens is 421 g/mol. The van der Waals surface area contributed by atoms with Crippen LogP contribution in [-0.2, 0) is 13.1 Å². The predicted octanol–water partition coefficient (Wildman–Crippen LogP) is 4.21. The van der Waals surface area contributed by atoms with Crippen LogP contribution in [0.3, 0.4) is 0 Å². The van der Waals surface area contributed by atoms with Crippen molar-refractivity contribution in [2.75, 3.05) is 26.3 Å². The van der Waals surface area contributed by atoms with E-state index in [1.54, 1.807) is 18.2 Å². The highest BCUT2D eigenvalue weighted by molar-refractivity contribution is 5.27. The van der Waals surface area contributed by atoms with Gasteiger partial charge in [-0.05, 0) is 68.1 Å². The van der Waals surface area contributed by atoms with E-state index in [2.05, 4.69) is 22.1 Å². The van der Waals surface area contributed by atoms with Crippen molar-refractivity contribution in [1.82, 2.24) is 14.7 Å². The van der Waals surface area contributed by atoms with Crippen molar-refractivity contribution in [2.24, 2.45) is 0 Å². The van der Waals surface area contributed by atoms with E-state index < -0.39 is 11.4 Å².